The van der Waals surface area contributed by atoms with Crippen molar-refractivity contribution in [3.8, 4) is 11.1 Å². The maximum Gasteiger partial charge on any atom is 0.259 e. The van der Waals surface area contributed by atoms with Gasteiger partial charge in [-0.2, -0.15) is 0 Å². The molecule has 5 nitrogen and oxygen atoms in total. The Balaban J connectivity index is 1.69. The van der Waals surface area contributed by atoms with Gasteiger partial charge in [-0.3, -0.25) is 4.79 Å². The number of rotatable bonds is 6. The molecule has 1 spiro atoms. The van der Waals surface area contributed by atoms with Crippen LogP contribution in [0.4, 0.5) is 4.39 Å². The molecule has 1 aliphatic heterocycles. The summed E-state index contributed by atoms with van der Waals surface area (Å²) in [5.41, 5.74) is 0.821. The van der Waals surface area contributed by atoms with E-state index in [-0.39, 0.29) is 17.1 Å². The van der Waals surface area contributed by atoms with E-state index in [0.717, 1.165) is 29.5 Å². The van der Waals surface area contributed by atoms with E-state index in [2.05, 4.69) is 6.07 Å². The standard InChI is InChI=1S/C24H29FN2O3S/c1-23(2,25)22(28)27-16-24(11-12-24)20(15-31(26,29)30)21(27)14-17-7-6-10-19(13-17)18-8-4-3-5-9-18/h3-10,13,20-21H,11-12,14-16H2,1-2H3,(H2,26,29,30). The van der Waals surface area contributed by atoms with Crippen molar-refractivity contribution in [2.24, 2.45) is 16.5 Å². The summed E-state index contributed by atoms with van der Waals surface area (Å²) in [6.07, 6.45) is 2.14. The number of sulfonamides is 1. The van der Waals surface area contributed by atoms with Crippen LogP contribution in [-0.2, 0) is 21.2 Å². The summed E-state index contributed by atoms with van der Waals surface area (Å²) in [5.74, 6) is -1.07. The van der Waals surface area contributed by atoms with Crippen molar-refractivity contribution >= 4 is 15.9 Å². The van der Waals surface area contributed by atoms with Crippen LogP contribution in [0.25, 0.3) is 11.1 Å². The number of primary sulfonamides is 1. The van der Waals surface area contributed by atoms with Crippen LogP contribution >= 0.6 is 0 Å². The Morgan fingerprint density at radius 2 is 1.77 bits per heavy atom. The highest BCUT2D eigenvalue weighted by atomic mass is 32.2. The number of amides is 1. The second kappa shape index (κ2) is 7.71. The van der Waals surface area contributed by atoms with Crippen molar-refractivity contribution in [1.82, 2.24) is 4.90 Å². The summed E-state index contributed by atoms with van der Waals surface area (Å²) in [5, 5.41) is 5.42. The van der Waals surface area contributed by atoms with Crippen molar-refractivity contribution in [3.05, 3.63) is 60.2 Å². The first-order valence-corrected chi connectivity index (χ1v) is 12.3. The van der Waals surface area contributed by atoms with Crippen LogP contribution in [0.2, 0.25) is 0 Å². The van der Waals surface area contributed by atoms with Crippen LogP contribution in [0.1, 0.15) is 32.3 Å². The fourth-order valence-corrected chi connectivity index (χ4v) is 6.07. The van der Waals surface area contributed by atoms with E-state index in [9.17, 15) is 17.6 Å². The van der Waals surface area contributed by atoms with E-state index < -0.39 is 27.6 Å². The first kappa shape index (κ1) is 22.0. The van der Waals surface area contributed by atoms with Gasteiger partial charge in [0, 0.05) is 18.5 Å². The summed E-state index contributed by atoms with van der Waals surface area (Å²) >= 11 is 0. The van der Waals surface area contributed by atoms with Crippen LogP contribution in [0, 0.1) is 11.3 Å². The molecule has 1 amide bonds. The van der Waals surface area contributed by atoms with Gasteiger partial charge in [0.2, 0.25) is 10.0 Å². The first-order valence-electron chi connectivity index (χ1n) is 10.6. The van der Waals surface area contributed by atoms with Gasteiger partial charge in [-0.1, -0.05) is 54.6 Å². The van der Waals surface area contributed by atoms with E-state index in [4.69, 9.17) is 5.14 Å². The Kier molecular flexibility index (Phi) is 5.46. The third-order valence-corrected chi connectivity index (χ3v) is 7.51. The number of benzene rings is 2. The van der Waals surface area contributed by atoms with Crippen LogP contribution in [0.3, 0.4) is 0 Å². The molecule has 1 saturated carbocycles. The zero-order valence-electron chi connectivity index (χ0n) is 17.9. The van der Waals surface area contributed by atoms with Gasteiger partial charge in [0.1, 0.15) is 0 Å². The Hall–Kier alpha value is -2.25. The number of likely N-dealkylation sites (tertiary alicyclic amines) is 1. The van der Waals surface area contributed by atoms with Crippen LogP contribution in [0.15, 0.2) is 54.6 Å². The van der Waals surface area contributed by atoms with Gasteiger partial charge in [-0.05, 0) is 55.2 Å². The number of nitrogens with two attached hydrogens (primary N) is 1. The second-order valence-corrected chi connectivity index (χ2v) is 11.2. The molecule has 1 heterocycles. The molecule has 2 fully saturated rings. The van der Waals surface area contributed by atoms with E-state index >= 15 is 0 Å². The Morgan fingerprint density at radius 3 is 2.35 bits per heavy atom. The van der Waals surface area contributed by atoms with Crippen molar-refractivity contribution in [2.45, 2.75) is 44.8 Å². The first-order chi connectivity index (χ1) is 14.5. The van der Waals surface area contributed by atoms with Gasteiger partial charge in [-0.15, -0.1) is 0 Å². The quantitative estimate of drug-likeness (QED) is 0.740. The average Bonchev–Trinajstić information content (AvgIpc) is 3.43. The van der Waals surface area contributed by atoms with Crippen LogP contribution in [0.5, 0.6) is 0 Å². The molecule has 0 aromatic heterocycles. The monoisotopic (exact) mass is 444 g/mol. The second-order valence-electron chi connectivity index (χ2n) is 9.54. The molecule has 2 atom stereocenters. The highest BCUT2D eigenvalue weighted by Gasteiger charge is 2.61. The smallest absolute Gasteiger partial charge is 0.259 e. The Labute approximate surface area is 183 Å². The van der Waals surface area contributed by atoms with Crippen molar-refractivity contribution in [3.63, 3.8) is 0 Å². The number of hydrogen-bond donors (Lipinski definition) is 1. The summed E-state index contributed by atoms with van der Waals surface area (Å²) in [4.78, 5) is 14.5. The number of carbonyl (C=O) groups excluding carboxylic acids is 1. The fraction of sp³-hybridized carbons (Fsp3) is 0.458. The van der Waals surface area contributed by atoms with Gasteiger partial charge < -0.3 is 4.90 Å². The molecule has 0 radical (unpaired) electrons. The zero-order valence-corrected chi connectivity index (χ0v) is 18.7. The lowest BCUT2D eigenvalue weighted by molar-refractivity contribution is -0.143. The minimum Gasteiger partial charge on any atom is -0.336 e. The van der Waals surface area contributed by atoms with E-state index in [1.165, 1.54) is 13.8 Å². The largest absolute Gasteiger partial charge is 0.336 e. The van der Waals surface area contributed by atoms with E-state index in [1.54, 1.807) is 4.90 Å². The molecule has 2 aromatic rings. The third kappa shape index (κ3) is 4.67. The lowest BCUT2D eigenvalue weighted by Gasteiger charge is -2.31. The van der Waals surface area contributed by atoms with Gasteiger partial charge in [0.05, 0.1) is 5.75 Å². The zero-order chi connectivity index (χ0) is 22.4. The van der Waals surface area contributed by atoms with Gasteiger partial charge >= 0.3 is 0 Å². The topological polar surface area (TPSA) is 80.5 Å². The molecule has 4 rings (SSSR count). The minimum absolute atomic E-state index is 0.188. The normalized spacial score (nSPS) is 22.6. The Bertz CT molecular complexity index is 1080. The van der Waals surface area contributed by atoms with Crippen molar-refractivity contribution in [1.29, 1.82) is 0 Å². The third-order valence-electron chi connectivity index (χ3n) is 6.69. The molecule has 0 bridgehead atoms. The van der Waals surface area contributed by atoms with E-state index in [1.807, 2.05) is 48.5 Å². The summed E-state index contributed by atoms with van der Waals surface area (Å²) in [7, 11) is -3.73. The van der Waals surface area contributed by atoms with Crippen LogP contribution in [-0.4, -0.2) is 43.2 Å². The Morgan fingerprint density at radius 1 is 1.13 bits per heavy atom. The van der Waals surface area contributed by atoms with Crippen LogP contribution < -0.4 is 5.14 Å². The number of nitrogens with zero attached hydrogens (tertiary/aromatic N) is 1. The number of hydrogen-bond acceptors (Lipinski definition) is 3. The molecule has 1 saturated heterocycles. The molecular weight excluding hydrogens is 415 g/mol. The lowest BCUT2D eigenvalue weighted by atomic mass is 9.86. The van der Waals surface area contributed by atoms with Gasteiger partial charge in [0.25, 0.3) is 5.91 Å². The van der Waals surface area contributed by atoms with Gasteiger partial charge in [-0.25, -0.2) is 17.9 Å². The van der Waals surface area contributed by atoms with Crippen molar-refractivity contribution in [2.75, 3.05) is 12.3 Å². The van der Waals surface area contributed by atoms with Gasteiger partial charge in [0.15, 0.2) is 5.67 Å². The maximum absolute atomic E-state index is 14.6. The molecule has 2 aliphatic rings. The molecular formula is C24H29FN2O3S. The highest BCUT2D eigenvalue weighted by molar-refractivity contribution is 7.89. The van der Waals surface area contributed by atoms with E-state index in [0.29, 0.717) is 13.0 Å². The number of alkyl halides is 1. The molecule has 2 aromatic carbocycles. The molecule has 2 unspecified atom stereocenters. The fourth-order valence-electron chi connectivity index (χ4n) is 4.99. The molecule has 166 valence electrons. The predicted octanol–water partition coefficient (Wildman–Crippen LogP) is 3.54. The molecule has 7 heteroatoms. The number of carbonyl (C=O) groups is 1. The number of halogens is 1. The molecule has 1 aliphatic carbocycles. The highest BCUT2D eigenvalue weighted by Crippen LogP contribution is 2.59. The SMILES string of the molecule is CC(C)(F)C(=O)N1CC2(CC2)C(CS(N)(=O)=O)C1Cc1cccc(-c2ccccc2)c1. The minimum atomic E-state index is -3.73. The summed E-state index contributed by atoms with van der Waals surface area (Å²) in [6.45, 7) is 2.91. The summed E-state index contributed by atoms with van der Waals surface area (Å²) < 4.78 is 38.7. The average molecular weight is 445 g/mol. The molecule has 2 N–H and O–H groups in total. The van der Waals surface area contributed by atoms with Crippen molar-refractivity contribution < 1.29 is 17.6 Å². The molecule has 31 heavy (non-hydrogen) atoms. The lowest BCUT2D eigenvalue weighted by Crippen LogP contribution is -2.48. The predicted molar refractivity (Wildman–Crippen MR) is 119 cm³/mol. The maximum atomic E-state index is 14.6. The summed E-state index contributed by atoms with van der Waals surface area (Å²) in [6, 6.07) is 17.6.